The molecule has 0 aromatic heterocycles. The molecule has 6 nitrogen and oxygen atoms in total. The molecular weight excluding hydrogens is 527 g/mol. The number of nitrogens with zero attached hydrogens (tertiary/aromatic N) is 2. The van der Waals surface area contributed by atoms with E-state index in [9.17, 15) is 0 Å². The SMILES string of the molecule is CCNC(=NCC1CCN(Cc2ccccc2Cl)CC1)NC(C)COC1CCOC1.I. The van der Waals surface area contributed by atoms with Gasteiger partial charge < -0.3 is 20.1 Å². The van der Waals surface area contributed by atoms with Crippen LogP contribution >= 0.6 is 35.6 Å². The number of halogens is 2. The Bertz CT molecular complexity index is 665. The van der Waals surface area contributed by atoms with Crippen LogP contribution in [-0.2, 0) is 16.0 Å². The molecular formula is C23H38ClIN4O2. The van der Waals surface area contributed by atoms with Gasteiger partial charge in [-0.25, -0.2) is 0 Å². The van der Waals surface area contributed by atoms with Crippen molar-refractivity contribution >= 4 is 41.5 Å². The third-order valence-electron chi connectivity index (χ3n) is 5.76. The van der Waals surface area contributed by atoms with Crippen molar-refractivity contribution in [3.8, 4) is 0 Å². The largest absolute Gasteiger partial charge is 0.379 e. The lowest BCUT2D eigenvalue weighted by atomic mass is 9.96. The fraction of sp³-hybridized carbons (Fsp3) is 0.696. The van der Waals surface area contributed by atoms with E-state index in [0.29, 0.717) is 12.5 Å². The van der Waals surface area contributed by atoms with Gasteiger partial charge in [-0.05, 0) is 63.7 Å². The molecule has 2 atom stereocenters. The first kappa shape index (κ1) is 26.6. The zero-order valence-electron chi connectivity index (χ0n) is 18.8. The highest BCUT2D eigenvalue weighted by Crippen LogP contribution is 2.22. The number of likely N-dealkylation sites (tertiary alicyclic amines) is 1. The molecule has 3 rings (SSSR count). The summed E-state index contributed by atoms with van der Waals surface area (Å²) in [7, 11) is 0. The van der Waals surface area contributed by atoms with Gasteiger partial charge >= 0.3 is 0 Å². The van der Waals surface area contributed by atoms with Crippen LogP contribution in [0.3, 0.4) is 0 Å². The number of hydrogen-bond acceptors (Lipinski definition) is 4. The van der Waals surface area contributed by atoms with E-state index >= 15 is 0 Å². The summed E-state index contributed by atoms with van der Waals surface area (Å²) in [5.41, 5.74) is 1.22. The Hall–Kier alpha value is -0.610. The van der Waals surface area contributed by atoms with Crippen LogP contribution in [-0.4, -0.2) is 69.0 Å². The third kappa shape index (κ3) is 9.42. The number of guanidine groups is 1. The minimum atomic E-state index is 0. The number of benzene rings is 1. The normalized spacial score (nSPS) is 21.5. The van der Waals surface area contributed by atoms with Gasteiger partial charge in [0.25, 0.3) is 0 Å². The topological polar surface area (TPSA) is 58.1 Å². The van der Waals surface area contributed by atoms with E-state index in [2.05, 4.69) is 41.5 Å². The average Bonchev–Trinajstić information content (AvgIpc) is 3.27. The van der Waals surface area contributed by atoms with Gasteiger partial charge in [0.1, 0.15) is 0 Å². The molecule has 2 aliphatic heterocycles. The van der Waals surface area contributed by atoms with Crippen molar-refractivity contribution < 1.29 is 9.47 Å². The number of rotatable bonds is 9. The Morgan fingerprint density at radius 2 is 2.06 bits per heavy atom. The maximum Gasteiger partial charge on any atom is 0.191 e. The smallest absolute Gasteiger partial charge is 0.191 e. The minimum Gasteiger partial charge on any atom is -0.379 e. The van der Waals surface area contributed by atoms with Gasteiger partial charge in [0.05, 0.1) is 19.3 Å². The Labute approximate surface area is 209 Å². The zero-order chi connectivity index (χ0) is 21.2. The van der Waals surface area contributed by atoms with Gasteiger partial charge in [-0.15, -0.1) is 24.0 Å². The quantitative estimate of drug-likeness (QED) is 0.271. The molecule has 0 spiro atoms. The van der Waals surface area contributed by atoms with E-state index in [0.717, 1.165) is 63.3 Å². The van der Waals surface area contributed by atoms with Crippen molar-refractivity contribution in [2.45, 2.75) is 51.8 Å². The van der Waals surface area contributed by atoms with Gasteiger partial charge in [0.2, 0.25) is 0 Å². The summed E-state index contributed by atoms with van der Waals surface area (Å²) < 4.78 is 11.3. The highest BCUT2D eigenvalue weighted by atomic mass is 127. The van der Waals surface area contributed by atoms with Crippen LogP contribution < -0.4 is 10.6 Å². The molecule has 176 valence electrons. The maximum absolute atomic E-state index is 6.31. The van der Waals surface area contributed by atoms with Crippen LogP contribution in [0.5, 0.6) is 0 Å². The van der Waals surface area contributed by atoms with Crippen LogP contribution in [0.25, 0.3) is 0 Å². The highest BCUT2D eigenvalue weighted by molar-refractivity contribution is 14.0. The lowest BCUT2D eigenvalue weighted by Crippen LogP contribution is -2.45. The van der Waals surface area contributed by atoms with Crippen molar-refractivity contribution in [1.82, 2.24) is 15.5 Å². The summed E-state index contributed by atoms with van der Waals surface area (Å²) in [4.78, 5) is 7.35. The minimum absolute atomic E-state index is 0. The predicted octanol–water partition coefficient (Wildman–Crippen LogP) is 3.92. The first-order valence-corrected chi connectivity index (χ1v) is 11.7. The molecule has 2 N–H and O–H groups in total. The van der Waals surface area contributed by atoms with Crippen LogP contribution in [0.4, 0.5) is 0 Å². The number of piperidine rings is 1. The van der Waals surface area contributed by atoms with E-state index < -0.39 is 0 Å². The van der Waals surface area contributed by atoms with Crippen LogP contribution in [0.2, 0.25) is 5.02 Å². The Morgan fingerprint density at radius 3 is 2.74 bits per heavy atom. The lowest BCUT2D eigenvalue weighted by Gasteiger charge is -2.31. The Kier molecular flexibility index (Phi) is 12.5. The molecule has 0 bridgehead atoms. The molecule has 2 saturated heterocycles. The van der Waals surface area contributed by atoms with Gasteiger partial charge in [0.15, 0.2) is 5.96 Å². The second-order valence-electron chi connectivity index (χ2n) is 8.39. The second-order valence-corrected chi connectivity index (χ2v) is 8.80. The Morgan fingerprint density at radius 1 is 1.29 bits per heavy atom. The monoisotopic (exact) mass is 564 g/mol. The highest BCUT2D eigenvalue weighted by Gasteiger charge is 2.20. The molecule has 0 saturated carbocycles. The molecule has 2 unspecified atom stereocenters. The first-order valence-electron chi connectivity index (χ1n) is 11.3. The van der Waals surface area contributed by atoms with Crippen molar-refractivity contribution in [2.24, 2.45) is 10.9 Å². The van der Waals surface area contributed by atoms with E-state index in [1.807, 2.05) is 12.1 Å². The van der Waals surface area contributed by atoms with Gasteiger partial charge in [-0.3, -0.25) is 9.89 Å². The summed E-state index contributed by atoms with van der Waals surface area (Å²) >= 11 is 6.31. The standard InChI is InChI=1S/C23H37ClN4O2.HI/c1-3-25-23(27-18(2)16-30-21-10-13-29-17-21)26-14-19-8-11-28(12-9-19)15-20-6-4-5-7-22(20)24;/h4-7,18-19,21H,3,8-17H2,1-2H3,(H2,25,26,27);1H. The molecule has 1 aromatic carbocycles. The van der Waals surface area contributed by atoms with Crippen LogP contribution in [0.1, 0.15) is 38.7 Å². The summed E-state index contributed by atoms with van der Waals surface area (Å²) in [6.07, 6.45) is 3.59. The Balaban J connectivity index is 0.00000341. The van der Waals surface area contributed by atoms with E-state index in [4.69, 9.17) is 26.1 Å². The summed E-state index contributed by atoms with van der Waals surface area (Å²) in [5.74, 6) is 1.51. The zero-order valence-corrected chi connectivity index (χ0v) is 21.9. The van der Waals surface area contributed by atoms with E-state index in [1.54, 1.807) is 0 Å². The van der Waals surface area contributed by atoms with E-state index in [1.165, 1.54) is 18.4 Å². The van der Waals surface area contributed by atoms with Crippen LogP contribution in [0, 0.1) is 5.92 Å². The molecule has 2 fully saturated rings. The third-order valence-corrected chi connectivity index (χ3v) is 6.13. The molecule has 8 heteroatoms. The summed E-state index contributed by atoms with van der Waals surface area (Å²) in [6.45, 7) is 11.3. The molecule has 2 heterocycles. The van der Waals surface area contributed by atoms with Gasteiger partial charge in [-0.2, -0.15) is 0 Å². The van der Waals surface area contributed by atoms with Gasteiger partial charge in [-0.1, -0.05) is 29.8 Å². The molecule has 0 radical (unpaired) electrons. The van der Waals surface area contributed by atoms with Crippen molar-refractivity contribution in [3.05, 3.63) is 34.9 Å². The lowest BCUT2D eigenvalue weighted by molar-refractivity contribution is 0.0347. The summed E-state index contributed by atoms with van der Waals surface area (Å²) in [5, 5.41) is 7.70. The number of aliphatic imine (C=N–C) groups is 1. The van der Waals surface area contributed by atoms with Crippen molar-refractivity contribution in [1.29, 1.82) is 0 Å². The fourth-order valence-corrected chi connectivity index (χ4v) is 4.13. The summed E-state index contributed by atoms with van der Waals surface area (Å²) in [6, 6.07) is 8.35. The second kappa shape index (κ2) is 14.5. The fourth-order valence-electron chi connectivity index (χ4n) is 3.93. The average molecular weight is 565 g/mol. The van der Waals surface area contributed by atoms with Crippen LogP contribution in [0.15, 0.2) is 29.3 Å². The molecule has 0 aliphatic carbocycles. The molecule has 2 aliphatic rings. The molecule has 1 aromatic rings. The van der Waals surface area contributed by atoms with Crippen molar-refractivity contribution in [2.75, 3.05) is 46.0 Å². The predicted molar refractivity (Wildman–Crippen MR) is 139 cm³/mol. The molecule has 31 heavy (non-hydrogen) atoms. The maximum atomic E-state index is 6.31. The van der Waals surface area contributed by atoms with Crippen molar-refractivity contribution in [3.63, 3.8) is 0 Å². The van der Waals surface area contributed by atoms with Gasteiger partial charge in [0, 0.05) is 37.3 Å². The number of nitrogens with one attached hydrogen (secondary N) is 2. The number of hydrogen-bond donors (Lipinski definition) is 2. The van der Waals surface area contributed by atoms with E-state index in [-0.39, 0.29) is 36.1 Å². The number of ether oxygens (including phenoxy) is 2. The molecule has 0 amide bonds. The first-order chi connectivity index (χ1) is 14.6.